The number of ether oxygens (including phenoxy) is 1. The number of amides is 1. The molecule has 1 aliphatic rings. The number of carbonyl (C=O) groups is 1. The second-order valence-corrected chi connectivity index (χ2v) is 7.96. The van der Waals surface area contributed by atoms with Gasteiger partial charge in [0.2, 0.25) is 5.91 Å². The Balaban J connectivity index is 1.27. The Morgan fingerprint density at radius 1 is 0.968 bits per heavy atom. The van der Waals surface area contributed by atoms with Crippen LogP contribution >= 0.6 is 0 Å². The molecule has 0 saturated carbocycles. The van der Waals surface area contributed by atoms with Gasteiger partial charge in [0.05, 0.1) is 29.8 Å². The molecule has 2 aromatic heterocycles. The highest BCUT2D eigenvalue weighted by Gasteiger charge is 2.15. The zero-order valence-corrected chi connectivity index (χ0v) is 17.6. The van der Waals surface area contributed by atoms with Crippen LogP contribution in [-0.2, 0) is 16.1 Å². The molecule has 0 atom stereocenters. The van der Waals surface area contributed by atoms with Gasteiger partial charge < -0.3 is 14.6 Å². The number of para-hydroxylation sites is 3. The van der Waals surface area contributed by atoms with E-state index < -0.39 is 0 Å². The van der Waals surface area contributed by atoms with Crippen molar-refractivity contribution in [3.63, 3.8) is 0 Å². The standard InChI is InChI=1S/C24H27N5O2/c30-22(25-11-13-28-14-16-31-17-15-28)10-5-12-29-21-9-4-1-6-18(21)23-24(29)27-20-8-3-2-7-19(20)26-23/h1-4,6-9H,5,10-17H2,(H,25,30). The molecule has 0 spiro atoms. The van der Waals surface area contributed by atoms with Gasteiger partial charge in [0, 0.05) is 44.5 Å². The van der Waals surface area contributed by atoms with Crippen LogP contribution in [0.5, 0.6) is 0 Å². The quantitative estimate of drug-likeness (QED) is 0.501. The molecule has 3 heterocycles. The van der Waals surface area contributed by atoms with Gasteiger partial charge in [0.25, 0.3) is 0 Å². The Morgan fingerprint density at radius 2 is 1.71 bits per heavy atom. The van der Waals surface area contributed by atoms with E-state index in [9.17, 15) is 4.79 Å². The first-order chi connectivity index (χ1) is 15.3. The molecular formula is C24H27N5O2. The van der Waals surface area contributed by atoms with Crippen molar-refractivity contribution in [2.75, 3.05) is 39.4 Å². The number of aryl methyl sites for hydroxylation is 1. The van der Waals surface area contributed by atoms with Crippen molar-refractivity contribution in [1.82, 2.24) is 24.8 Å². The minimum atomic E-state index is 0.102. The van der Waals surface area contributed by atoms with Gasteiger partial charge >= 0.3 is 0 Å². The van der Waals surface area contributed by atoms with Crippen LogP contribution < -0.4 is 5.32 Å². The number of fused-ring (bicyclic) bond motifs is 4. The van der Waals surface area contributed by atoms with Gasteiger partial charge in [-0.05, 0) is 24.6 Å². The summed E-state index contributed by atoms with van der Waals surface area (Å²) in [5, 5.41) is 4.15. The summed E-state index contributed by atoms with van der Waals surface area (Å²) < 4.78 is 7.56. The highest BCUT2D eigenvalue weighted by atomic mass is 16.5. The van der Waals surface area contributed by atoms with Crippen molar-refractivity contribution in [3.8, 4) is 0 Å². The fourth-order valence-corrected chi connectivity index (χ4v) is 4.27. The monoisotopic (exact) mass is 417 g/mol. The predicted molar refractivity (Wildman–Crippen MR) is 122 cm³/mol. The molecule has 0 bridgehead atoms. The minimum Gasteiger partial charge on any atom is -0.379 e. The third-order valence-electron chi connectivity index (χ3n) is 5.90. The Bertz CT molecular complexity index is 1210. The Labute approximate surface area is 181 Å². The number of hydrogen-bond donors (Lipinski definition) is 1. The van der Waals surface area contributed by atoms with E-state index >= 15 is 0 Å². The first-order valence-electron chi connectivity index (χ1n) is 11.0. The summed E-state index contributed by atoms with van der Waals surface area (Å²) in [6, 6.07) is 16.2. The molecule has 7 heteroatoms. The fraction of sp³-hybridized carbons (Fsp3) is 0.375. The lowest BCUT2D eigenvalue weighted by Crippen LogP contribution is -2.41. The maximum atomic E-state index is 12.3. The third-order valence-corrected chi connectivity index (χ3v) is 5.90. The van der Waals surface area contributed by atoms with Crippen LogP contribution in [0, 0.1) is 0 Å². The molecule has 0 aliphatic carbocycles. The predicted octanol–water partition coefficient (Wildman–Crippen LogP) is 2.97. The second kappa shape index (κ2) is 8.99. The van der Waals surface area contributed by atoms with E-state index in [0.717, 1.165) is 78.9 Å². The van der Waals surface area contributed by atoms with Crippen LogP contribution in [0.15, 0.2) is 48.5 Å². The number of hydrogen-bond acceptors (Lipinski definition) is 5. The number of morpholine rings is 1. The zero-order chi connectivity index (χ0) is 21.0. The Hall–Kier alpha value is -3.03. The number of nitrogens with one attached hydrogen (secondary N) is 1. The van der Waals surface area contributed by atoms with Gasteiger partial charge in [-0.1, -0.05) is 30.3 Å². The lowest BCUT2D eigenvalue weighted by atomic mass is 10.2. The van der Waals surface area contributed by atoms with Gasteiger partial charge in [-0.25, -0.2) is 9.97 Å². The number of carbonyl (C=O) groups excluding carboxylic acids is 1. The number of benzene rings is 2. The molecule has 1 amide bonds. The number of nitrogens with zero attached hydrogens (tertiary/aromatic N) is 4. The lowest BCUT2D eigenvalue weighted by molar-refractivity contribution is -0.121. The van der Waals surface area contributed by atoms with E-state index in [2.05, 4.69) is 26.9 Å². The smallest absolute Gasteiger partial charge is 0.220 e. The molecule has 1 aliphatic heterocycles. The van der Waals surface area contributed by atoms with E-state index in [4.69, 9.17) is 14.7 Å². The van der Waals surface area contributed by atoms with E-state index in [1.54, 1.807) is 0 Å². The first kappa shape index (κ1) is 19.9. The van der Waals surface area contributed by atoms with Gasteiger partial charge in [-0.15, -0.1) is 0 Å². The second-order valence-electron chi connectivity index (χ2n) is 7.96. The average Bonchev–Trinajstić information content (AvgIpc) is 3.11. The molecule has 1 saturated heterocycles. The molecular weight excluding hydrogens is 390 g/mol. The topological polar surface area (TPSA) is 72.3 Å². The molecule has 0 radical (unpaired) electrons. The maximum absolute atomic E-state index is 12.3. The van der Waals surface area contributed by atoms with Crippen LogP contribution in [0.4, 0.5) is 0 Å². The van der Waals surface area contributed by atoms with E-state index in [0.29, 0.717) is 13.0 Å². The van der Waals surface area contributed by atoms with E-state index in [-0.39, 0.29) is 5.91 Å². The number of aromatic nitrogens is 3. The van der Waals surface area contributed by atoms with Crippen LogP contribution in [0.1, 0.15) is 12.8 Å². The normalized spacial score (nSPS) is 15.1. The minimum absolute atomic E-state index is 0.102. The summed E-state index contributed by atoms with van der Waals surface area (Å²) in [5.41, 5.74) is 4.70. The van der Waals surface area contributed by atoms with Crippen LogP contribution in [0.2, 0.25) is 0 Å². The maximum Gasteiger partial charge on any atom is 0.220 e. The summed E-state index contributed by atoms with van der Waals surface area (Å²) in [4.78, 5) is 24.4. The highest BCUT2D eigenvalue weighted by molar-refractivity contribution is 6.06. The van der Waals surface area contributed by atoms with Crippen LogP contribution in [0.25, 0.3) is 33.1 Å². The lowest BCUT2D eigenvalue weighted by Gasteiger charge is -2.26. The van der Waals surface area contributed by atoms with E-state index in [1.807, 2.05) is 36.4 Å². The van der Waals surface area contributed by atoms with Crippen LogP contribution in [0.3, 0.4) is 0 Å². The van der Waals surface area contributed by atoms with E-state index in [1.165, 1.54) is 0 Å². The molecule has 0 unspecified atom stereocenters. The zero-order valence-electron chi connectivity index (χ0n) is 17.6. The molecule has 4 aromatic rings. The average molecular weight is 418 g/mol. The Morgan fingerprint density at radius 3 is 2.55 bits per heavy atom. The Kier molecular flexibility index (Phi) is 5.78. The van der Waals surface area contributed by atoms with Crippen molar-refractivity contribution in [2.24, 2.45) is 0 Å². The number of rotatable bonds is 7. The largest absolute Gasteiger partial charge is 0.379 e. The van der Waals surface area contributed by atoms with Gasteiger partial charge in [0.15, 0.2) is 5.65 Å². The fourth-order valence-electron chi connectivity index (χ4n) is 4.27. The summed E-state index contributed by atoms with van der Waals surface area (Å²) >= 11 is 0. The SMILES string of the molecule is O=C(CCCn1c2ccccc2c2nc3ccccc3nc21)NCCN1CCOCC1. The van der Waals surface area contributed by atoms with Gasteiger partial charge in [-0.2, -0.15) is 0 Å². The van der Waals surface area contributed by atoms with Crippen molar-refractivity contribution in [3.05, 3.63) is 48.5 Å². The molecule has 31 heavy (non-hydrogen) atoms. The van der Waals surface area contributed by atoms with Gasteiger partial charge in [-0.3, -0.25) is 9.69 Å². The molecule has 1 N–H and O–H groups in total. The third kappa shape index (κ3) is 4.24. The molecule has 7 nitrogen and oxygen atoms in total. The molecule has 1 fully saturated rings. The highest BCUT2D eigenvalue weighted by Crippen LogP contribution is 2.28. The summed E-state index contributed by atoms with van der Waals surface area (Å²) in [5.74, 6) is 0.102. The van der Waals surface area contributed by atoms with Crippen molar-refractivity contribution >= 4 is 39.0 Å². The van der Waals surface area contributed by atoms with Crippen LogP contribution in [-0.4, -0.2) is 64.7 Å². The molecule has 5 rings (SSSR count). The van der Waals surface area contributed by atoms with Gasteiger partial charge in [0.1, 0.15) is 5.52 Å². The van der Waals surface area contributed by atoms with Crippen molar-refractivity contribution in [1.29, 1.82) is 0 Å². The van der Waals surface area contributed by atoms with Crippen molar-refractivity contribution in [2.45, 2.75) is 19.4 Å². The summed E-state index contributed by atoms with van der Waals surface area (Å²) in [6.45, 7) is 5.75. The summed E-state index contributed by atoms with van der Waals surface area (Å²) in [6.07, 6.45) is 1.25. The molecule has 2 aromatic carbocycles. The molecule has 160 valence electrons. The van der Waals surface area contributed by atoms with Crippen molar-refractivity contribution < 1.29 is 9.53 Å². The first-order valence-corrected chi connectivity index (χ1v) is 11.0. The summed E-state index contributed by atoms with van der Waals surface area (Å²) in [7, 11) is 0.